The number of hydrogen-bond acceptors (Lipinski definition) is 3. The molecule has 1 aromatic heterocycles. The van der Waals surface area contributed by atoms with Crippen molar-refractivity contribution in [3.05, 3.63) is 66.4 Å². The standard InChI is InChI=1S/C14H13BrN2O3/c1-8-4-5-9(6-11(8)15)12(18)10-7-16(2)14(20)17(3)13(10)19/h4-7H,1-3H3. The Morgan fingerprint density at radius 2 is 1.85 bits per heavy atom. The minimum Gasteiger partial charge on any atom is -0.303 e. The van der Waals surface area contributed by atoms with E-state index >= 15 is 0 Å². The molecule has 104 valence electrons. The van der Waals surface area contributed by atoms with Crippen LogP contribution in [0.15, 0.2) is 38.5 Å². The van der Waals surface area contributed by atoms with Gasteiger partial charge >= 0.3 is 5.69 Å². The first kappa shape index (κ1) is 14.5. The summed E-state index contributed by atoms with van der Waals surface area (Å²) in [6, 6.07) is 5.12. The van der Waals surface area contributed by atoms with Crippen LogP contribution < -0.4 is 11.2 Å². The van der Waals surface area contributed by atoms with Gasteiger partial charge in [0.1, 0.15) is 5.56 Å². The highest BCUT2D eigenvalue weighted by molar-refractivity contribution is 9.10. The van der Waals surface area contributed by atoms with Crippen molar-refractivity contribution in [3.8, 4) is 0 Å². The van der Waals surface area contributed by atoms with Gasteiger partial charge in [-0.25, -0.2) is 4.79 Å². The van der Waals surface area contributed by atoms with E-state index in [0.717, 1.165) is 14.6 Å². The molecule has 0 aliphatic heterocycles. The van der Waals surface area contributed by atoms with Gasteiger partial charge in [-0.05, 0) is 18.6 Å². The van der Waals surface area contributed by atoms with Crippen LogP contribution in [-0.2, 0) is 14.1 Å². The van der Waals surface area contributed by atoms with Crippen LogP contribution in [-0.4, -0.2) is 14.9 Å². The molecule has 0 aliphatic rings. The smallest absolute Gasteiger partial charge is 0.303 e. The molecular formula is C14H13BrN2O3. The normalized spacial score (nSPS) is 10.6. The maximum Gasteiger partial charge on any atom is 0.330 e. The van der Waals surface area contributed by atoms with Gasteiger partial charge in [-0.3, -0.25) is 14.2 Å². The highest BCUT2D eigenvalue weighted by Gasteiger charge is 2.17. The Balaban J connectivity index is 2.62. The van der Waals surface area contributed by atoms with E-state index < -0.39 is 17.0 Å². The van der Waals surface area contributed by atoms with Crippen molar-refractivity contribution in [1.29, 1.82) is 0 Å². The van der Waals surface area contributed by atoms with Crippen molar-refractivity contribution < 1.29 is 4.79 Å². The van der Waals surface area contributed by atoms with Gasteiger partial charge in [-0.2, -0.15) is 0 Å². The number of benzene rings is 1. The molecule has 0 fully saturated rings. The molecule has 0 unspecified atom stereocenters. The van der Waals surface area contributed by atoms with E-state index in [1.165, 1.54) is 24.9 Å². The third kappa shape index (κ3) is 2.38. The van der Waals surface area contributed by atoms with Gasteiger partial charge in [0, 0.05) is 30.3 Å². The van der Waals surface area contributed by atoms with Crippen LogP contribution in [0, 0.1) is 6.92 Å². The summed E-state index contributed by atoms with van der Waals surface area (Å²) in [7, 11) is 2.86. The Labute approximate surface area is 123 Å². The van der Waals surface area contributed by atoms with Crippen LogP contribution >= 0.6 is 15.9 Å². The van der Waals surface area contributed by atoms with Crippen LogP contribution in [0.4, 0.5) is 0 Å². The third-order valence-corrected chi connectivity index (χ3v) is 3.98. The molecule has 0 saturated heterocycles. The lowest BCUT2D eigenvalue weighted by atomic mass is 10.0. The predicted octanol–water partition coefficient (Wildman–Crippen LogP) is 1.39. The first-order chi connectivity index (χ1) is 9.32. The second-order valence-corrected chi connectivity index (χ2v) is 5.45. The molecule has 0 N–H and O–H groups in total. The number of carbonyl (C=O) groups excluding carboxylic acids is 1. The summed E-state index contributed by atoms with van der Waals surface area (Å²) in [5.74, 6) is -0.401. The zero-order valence-electron chi connectivity index (χ0n) is 11.3. The van der Waals surface area contributed by atoms with Crippen LogP contribution in [0.2, 0.25) is 0 Å². The second-order valence-electron chi connectivity index (χ2n) is 4.59. The number of nitrogens with zero attached hydrogens (tertiary/aromatic N) is 2. The van der Waals surface area contributed by atoms with E-state index in [9.17, 15) is 14.4 Å². The zero-order valence-corrected chi connectivity index (χ0v) is 12.9. The summed E-state index contributed by atoms with van der Waals surface area (Å²) in [5, 5.41) is 0. The number of aryl methyl sites for hydroxylation is 2. The fraction of sp³-hybridized carbons (Fsp3) is 0.214. The maximum absolute atomic E-state index is 12.4. The molecule has 0 spiro atoms. The monoisotopic (exact) mass is 336 g/mol. The largest absolute Gasteiger partial charge is 0.330 e. The van der Waals surface area contributed by atoms with Crippen molar-refractivity contribution in [1.82, 2.24) is 9.13 Å². The zero-order chi connectivity index (χ0) is 15.0. The lowest BCUT2D eigenvalue weighted by Gasteiger charge is -2.07. The maximum atomic E-state index is 12.4. The third-order valence-electron chi connectivity index (χ3n) is 3.13. The summed E-state index contributed by atoms with van der Waals surface area (Å²) in [6.45, 7) is 1.91. The lowest BCUT2D eigenvalue weighted by Crippen LogP contribution is -2.39. The minimum absolute atomic E-state index is 0.0228. The highest BCUT2D eigenvalue weighted by atomic mass is 79.9. The van der Waals surface area contributed by atoms with Gasteiger partial charge in [0.25, 0.3) is 5.56 Å². The second kappa shape index (κ2) is 5.20. The molecule has 0 aliphatic carbocycles. The average Bonchev–Trinajstić information content (AvgIpc) is 2.43. The number of ketones is 1. The van der Waals surface area contributed by atoms with E-state index in [-0.39, 0.29) is 5.56 Å². The number of halogens is 1. The molecule has 2 rings (SSSR count). The Kier molecular flexibility index (Phi) is 3.76. The molecule has 1 aromatic carbocycles. The first-order valence-corrected chi connectivity index (χ1v) is 6.69. The molecule has 5 nitrogen and oxygen atoms in total. The van der Waals surface area contributed by atoms with E-state index in [1.54, 1.807) is 18.2 Å². The fourth-order valence-corrected chi connectivity index (χ4v) is 2.23. The van der Waals surface area contributed by atoms with Crippen LogP contribution in [0.5, 0.6) is 0 Å². The summed E-state index contributed by atoms with van der Waals surface area (Å²) in [4.78, 5) is 36.0. The lowest BCUT2D eigenvalue weighted by molar-refractivity contribution is 0.103. The molecule has 0 radical (unpaired) electrons. The van der Waals surface area contributed by atoms with Crippen molar-refractivity contribution >= 4 is 21.7 Å². The van der Waals surface area contributed by atoms with E-state index in [4.69, 9.17) is 0 Å². The van der Waals surface area contributed by atoms with Gasteiger partial charge in [0.05, 0.1) is 0 Å². The van der Waals surface area contributed by atoms with Crippen LogP contribution in [0.3, 0.4) is 0 Å². The summed E-state index contributed by atoms with van der Waals surface area (Å²) >= 11 is 3.36. The van der Waals surface area contributed by atoms with Crippen molar-refractivity contribution in [2.45, 2.75) is 6.92 Å². The molecule has 6 heteroatoms. The average molecular weight is 337 g/mol. The fourth-order valence-electron chi connectivity index (χ4n) is 1.85. The molecule has 2 aromatic rings. The molecule has 0 atom stereocenters. The minimum atomic E-state index is -0.588. The number of aromatic nitrogens is 2. The van der Waals surface area contributed by atoms with E-state index in [0.29, 0.717) is 5.56 Å². The number of hydrogen-bond donors (Lipinski definition) is 0. The van der Waals surface area contributed by atoms with Crippen LogP contribution in [0.1, 0.15) is 21.5 Å². The van der Waals surface area contributed by atoms with Crippen molar-refractivity contribution in [2.75, 3.05) is 0 Å². The summed E-state index contributed by atoms with van der Waals surface area (Å²) in [6.07, 6.45) is 1.28. The Hall–Kier alpha value is -1.95. The molecule has 20 heavy (non-hydrogen) atoms. The number of carbonyl (C=O) groups is 1. The van der Waals surface area contributed by atoms with Gasteiger partial charge in [0.2, 0.25) is 0 Å². The van der Waals surface area contributed by atoms with Crippen molar-refractivity contribution in [2.24, 2.45) is 14.1 Å². The first-order valence-electron chi connectivity index (χ1n) is 5.90. The quantitative estimate of drug-likeness (QED) is 0.778. The number of rotatable bonds is 2. The van der Waals surface area contributed by atoms with Gasteiger partial charge in [0.15, 0.2) is 5.78 Å². The molecule has 0 saturated carbocycles. The highest BCUT2D eigenvalue weighted by Crippen LogP contribution is 2.18. The van der Waals surface area contributed by atoms with E-state index in [2.05, 4.69) is 15.9 Å². The molecule has 0 amide bonds. The van der Waals surface area contributed by atoms with Gasteiger partial charge in [-0.15, -0.1) is 0 Å². The van der Waals surface area contributed by atoms with Crippen molar-refractivity contribution in [3.63, 3.8) is 0 Å². The van der Waals surface area contributed by atoms with Gasteiger partial charge < -0.3 is 4.57 Å². The summed E-state index contributed by atoms with van der Waals surface area (Å²) < 4.78 is 2.94. The molecule has 0 bridgehead atoms. The van der Waals surface area contributed by atoms with Crippen LogP contribution in [0.25, 0.3) is 0 Å². The van der Waals surface area contributed by atoms with E-state index in [1.807, 2.05) is 6.92 Å². The molecular weight excluding hydrogens is 324 g/mol. The predicted molar refractivity (Wildman–Crippen MR) is 79.2 cm³/mol. The Bertz CT molecular complexity index is 818. The SMILES string of the molecule is Cc1ccc(C(=O)c2cn(C)c(=O)n(C)c2=O)cc1Br. The van der Waals surface area contributed by atoms with Gasteiger partial charge in [-0.1, -0.05) is 28.1 Å². The topological polar surface area (TPSA) is 61.1 Å². The molecule has 1 heterocycles. The Morgan fingerprint density at radius 3 is 2.45 bits per heavy atom. The summed E-state index contributed by atoms with van der Waals surface area (Å²) in [5.41, 5.74) is 0.324. The Morgan fingerprint density at radius 1 is 1.20 bits per heavy atom.